The Balaban J connectivity index is 1.70. The van der Waals surface area contributed by atoms with E-state index in [4.69, 9.17) is 0 Å². The molecule has 1 fully saturated rings. The molecule has 116 valence electrons. The van der Waals surface area contributed by atoms with Crippen molar-refractivity contribution >= 4 is 17.2 Å². The molecule has 1 unspecified atom stereocenters. The molecule has 0 saturated carbocycles. The van der Waals surface area contributed by atoms with Crippen molar-refractivity contribution in [2.45, 2.75) is 44.9 Å². The number of amides is 1. The molecule has 1 saturated heterocycles. The average Bonchev–Trinajstić information content (AvgIpc) is 2.78. The van der Waals surface area contributed by atoms with Gasteiger partial charge in [0, 0.05) is 18.0 Å². The van der Waals surface area contributed by atoms with Gasteiger partial charge in [0.2, 0.25) is 0 Å². The lowest BCUT2D eigenvalue weighted by Gasteiger charge is -2.32. The number of hydrogen-bond donors (Lipinski definition) is 1. The van der Waals surface area contributed by atoms with Crippen molar-refractivity contribution in [3.05, 3.63) is 21.4 Å². The van der Waals surface area contributed by atoms with Crippen LogP contribution in [0.1, 0.15) is 52.2 Å². The SMILES string of the molecule is CNCC1CCCN(C(=O)c2cc3c(s2)CCCCC3)C1. The van der Waals surface area contributed by atoms with Crippen LogP contribution >= 0.6 is 11.3 Å². The first kappa shape index (κ1) is 15.0. The van der Waals surface area contributed by atoms with Gasteiger partial charge in [0.15, 0.2) is 0 Å². The van der Waals surface area contributed by atoms with Crippen molar-refractivity contribution in [2.75, 3.05) is 26.7 Å². The molecule has 0 bridgehead atoms. The van der Waals surface area contributed by atoms with Crippen LogP contribution in [-0.4, -0.2) is 37.5 Å². The van der Waals surface area contributed by atoms with Gasteiger partial charge in [-0.25, -0.2) is 0 Å². The Bertz CT molecular complexity index is 471. The molecule has 1 aromatic rings. The number of carbonyl (C=O) groups is 1. The molecule has 1 aliphatic heterocycles. The van der Waals surface area contributed by atoms with Gasteiger partial charge in [-0.1, -0.05) is 6.42 Å². The second-order valence-electron chi connectivity index (χ2n) is 6.44. The zero-order chi connectivity index (χ0) is 14.7. The molecule has 3 nitrogen and oxygen atoms in total. The van der Waals surface area contributed by atoms with Gasteiger partial charge >= 0.3 is 0 Å². The zero-order valence-electron chi connectivity index (χ0n) is 13.0. The van der Waals surface area contributed by atoms with E-state index in [2.05, 4.69) is 16.3 Å². The molecule has 1 aliphatic carbocycles. The third kappa shape index (κ3) is 3.49. The van der Waals surface area contributed by atoms with Gasteiger partial charge < -0.3 is 10.2 Å². The maximum atomic E-state index is 12.8. The van der Waals surface area contributed by atoms with Gasteiger partial charge in [0.1, 0.15) is 0 Å². The van der Waals surface area contributed by atoms with E-state index < -0.39 is 0 Å². The Morgan fingerprint density at radius 2 is 2.19 bits per heavy atom. The Morgan fingerprint density at radius 3 is 3.05 bits per heavy atom. The second-order valence-corrected chi connectivity index (χ2v) is 7.57. The number of fused-ring (bicyclic) bond motifs is 1. The third-order valence-corrected chi connectivity index (χ3v) is 5.98. The average molecular weight is 306 g/mol. The maximum absolute atomic E-state index is 12.8. The summed E-state index contributed by atoms with van der Waals surface area (Å²) in [5.74, 6) is 0.888. The van der Waals surface area contributed by atoms with Crippen LogP contribution in [0.3, 0.4) is 0 Å². The van der Waals surface area contributed by atoms with Crippen molar-refractivity contribution in [1.29, 1.82) is 0 Å². The summed E-state index contributed by atoms with van der Waals surface area (Å²) in [6.45, 7) is 2.87. The van der Waals surface area contributed by atoms with Gasteiger partial charge in [0.25, 0.3) is 5.91 Å². The fourth-order valence-electron chi connectivity index (χ4n) is 3.63. The standard InChI is InChI=1S/C17H26N2OS/c1-18-11-13-6-5-9-19(12-13)17(20)16-10-14-7-3-2-4-8-15(14)21-16/h10,13,18H,2-9,11-12H2,1H3. The van der Waals surface area contributed by atoms with Gasteiger partial charge in [-0.2, -0.15) is 0 Å². The molecule has 1 amide bonds. The van der Waals surface area contributed by atoms with Gasteiger partial charge in [-0.15, -0.1) is 11.3 Å². The van der Waals surface area contributed by atoms with Crippen LogP contribution in [-0.2, 0) is 12.8 Å². The molecule has 21 heavy (non-hydrogen) atoms. The Kier molecular flexibility index (Phi) is 4.96. The van der Waals surface area contributed by atoms with E-state index in [1.807, 2.05) is 7.05 Å². The molecule has 3 rings (SSSR count). The lowest BCUT2D eigenvalue weighted by atomic mass is 9.98. The van der Waals surface area contributed by atoms with E-state index in [1.165, 1.54) is 49.0 Å². The van der Waals surface area contributed by atoms with Crippen molar-refractivity contribution in [3.8, 4) is 0 Å². The van der Waals surface area contributed by atoms with Crippen LogP contribution in [0, 0.1) is 5.92 Å². The summed E-state index contributed by atoms with van der Waals surface area (Å²) in [5.41, 5.74) is 1.45. The molecular weight excluding hydrogens is 280 g/mol. The van der Waals surface area contributed by atoms with Gasteiger partial charge in [-0.3, -0.25) is 4.79 Å². The normalized spacial score (nSPS) is 22.7. The van der Waals surface area contributed by atoms with E-state index in [-0.39, 0.29) is 5.91 Å². The van der Waals surface area contributed by atoms with Crippen molar-refractivity contribution < 1.29 is 4.79 Å². The summed E-state index contributed by atoms with van der Waals surface area (Å²) in [4.78, 5) is 17.3. The first-order valence-electron chi connectivity index (χ1n) is 8.33. The maximum Gasteiger partial charge on any atom is 0.263 e. The van der Waals surface area contributed by atoms with Crippen LogP contribution in [0.2, 0.25) is 0 Å². The molecule has 0 radical (unpaired) electrons. The monoisotopic (exact) mass is 306 g/mol. The predicted octanol–water partition coefficient (Wildman–Crippen LogP) is 3.09. The summed E-state index contributed by atoms with van der Waals surface area (Å²) in [7, 11) is 2.00. The van der Waals surface area contributed by atoms with E-state index >= 15 is 0 Å². The first-order chi connectivity index (χ1) is 10.3. The number of likely N-dealkylation sites (tertiary alicyclic amines) is 1. The molecule has 4 heteroatoms. The van der Waals surface area contributed by atoms with Crippen molar-refractivity contribution in [3.63, 3.8) is 0 Å². The number of rotatable bonds is 3. The molecule has 0 spiro atoms. The van der Waals surface area contributed by atoms with Crippen LogP contribution in [0.4, 0.5) is 0 Å². The quantitative estimate of drug-likeness (QED) is 0.870. The zero-order valence-corrected chi connectivity index (χ0v) is 13.8. The lowest BCUT2D eigenvalue weighted by Crippen LogP contribution is -2.42. The third-order valence-electron chi connectivity index (χ3n) is 4.76. The number of hydrogen-bond acceptors (Lipinski definition) is 3. The van der Waals surface area contributed by atoms with E-state index in [9.17, 15) is 4.79 Å². The van der Waals surface area contributed by atoms with E-state index in [1.54, 1.807) is 11.3 Å². The Labute approximate surface area is 131 Å². The summed E-state index contributed by atoms with van der Waals surface area (Å²) < 4.78 is 0. The minimum Gasteiger partial charge on any atom is -0.338 e. The topological polar surface area (TPSA) is 32.3 Å². The van der Waals surface area contributed by atoms with Gasteiger partial charge in [0.05, 0.1) is 4.88 Å². The number of nitrogens with zero attached hydrogens (tertiary/aromatic N) is 1. The summed E-state index contributed by atoms with van der Waals surface area (Å²) in [5, 5.41) is 3.25. The van der Waals surface area contributed by atoms with Crippen molar-refractivity contribution in [2.24, 2.45) is 5.92 Å². The predicted molar refractivity (Wildman–Crippen MR) is 88.1 cm³/mol. The van der Waals surface area contributed by atoms with Crippen LogP contribution in [0.25, 0.3) is 0 Å². The van der Waals surface area contributed by atoms with Crippen LogP contribution in [0.5, 0.6) is 0 Å². The highest BCUT2D eigenvalue weighted by Gasteiger charge is 2.26. The Morgan fingerprint density at radius 1 is 1.33 bits per heavy atom. The number of carbonyl (C=O) groups excluding carboxylic acids is 1. The molecule has 1 atom stereocenters. The fraction of sp³-hybridized carbons (Fsp3) is 0.706. The minimum atomic E-state index is 0.272. The molecule has 1 N–H and O–H groups in total. The molecular formula is C17H26N2OS. The molecule has 0 aromatic carbocycles. The minimum absolute atomic E-state index is 0.272. The summed E-state index contributed by atoms with van der Waals surface area (Å²) in [6, 6.07) is 2.19. The number of aryl methyl sites for hydroxylation is 2. The fourth-order valence-corrected chi connectivity index (χ4v) is 4.86. The molecule has 2 heterocycles. The molecule has 1 aromatic heterocycles. The first-order valence-corrected chi connectivity index (χ1v) is 9.15. The summed E-state index contributed by atoms with van der Waals surface area (Å²) >= 11 is 1.76. The lowest BCUT2D eigenvalue weighted by molar-refractivity contribution is 0.0679. The van der Waals surface area contributed by atoms with E-state index in [0.717, 1.165) is 30.9 Å². The number of nitrogens with one attached hydrogen (secondary N) is 1. The highest BCUT2D eigenvalue weighted by Crippen LogP contribution is 2.30. The number of piperidine rings is 1. The second kappa shape index (κ2) is 6.93. The molecule has 2 aliphatic rings. The summed E-state index contributed by atoms with van der Waals surface area (Å²) in [6.07, 6.45) is 8.63. The van der Waals surface area contributed by atoms with E-state index in [0.29, 0.717) is 5.92 Å². The largest absolute Gasteiger partial charge is 0.338 e. The van der Waals surface area contributed by atoms with Crippen molar-refractivity contribution in [1.82, 2.24) is 10.2 Å². The smallest absolute Gasteiger partial charge is 0.263 e. The van der Waals surface area contributed by atoms with Crippen LogP contribution in [0.15, 0.2) is 6.07 Å². The number of thiophene rings is 1. The van der Waals surface area contributed by atoms with Crippen LogP contribution < -0.4 is 5.32 Å². The van der Waals surface area contributed by atoms with Gasteiger partial charge in [-0.05, 0) is 69.7 Å². The highest BCUT2D eigenvalue weighted by molar-refractivity contribution is 7.14. The highest BCUT2D eigenvalue weighted by atomic mass is 32.1. The Hall–Kier alpha value is -0.870.